The second kappa shape index (κ2) is 8.59. The third kappa shape index (κ3) is 4.34. The average Bonchev–Trinajstić information content (AvgIpc) is 2.57. The highest BCUT2D eigenvalue weighted by Gasteiger charge is 2.21. The van der Waals surface area contributed by atoms with Gasteiger partial charge in [-0.3, -0.25) is 0 Å². The number of nitrogens with zero attached hydrogens (tertiary/aromatic N) is 1. The van der Waals surface area contributed by atoms with Gasteiger partial charge < -0.3 is 15.3 Å². The maximum atomic E-state index is 9.33. The zero-order chi connectivity index (χ0) is 15.8. The number of hydrogen-bond acceptors (Lipinski definition) is 4. The van der Waals surface area contributed by atoms with Crippen molar-refractivity contribution in [2.75, 3.05) is 13.7 Å². The van der Waals surface area contributed by atoms with Gasteiger partial charge in [-0.25, -0.2) is 0 Å². The molecule has 0 saturated carbocycles. The van der Waals surface area contributed by atoms with Crippen molar-refractivity contribution in [3.63, 3.8) is 0 Å². The van der Waals surface area contributed by atoms with E-state index in [2.05, 4.69) is 29.5 Å². The van der Waals surface area contributed by atoms with Gasteiger partial charge in [-0.1, -0.05) is 30.7 Å². The summed E-state index contributed by atoms with van der Waals surface area (Å²) in [6.45, 7) is 3.18. The minimum absolute atomic E-state index is 0.503. The fourth-order valence-electron chi connectivity index (χ4n) is 3.01. The highest BCUT2D eigenvalue weighted by Crippen LogP contribution is 2.22. The van der Waals surface area contributed by atoms with Crippen LogP contribution in [0.15, 0.2) is 41.6 Å². The molecule has 0 amide bonds. The van der Waals surface area contributed by atoms with Crippen molar-refractivity contribution < 1.29 is 9.94 Å². The first-order valence-electron chi connectivity index (χ1n) is 8.03. The first kappa shape index (κ1) is 16.6. The van der Waals surface area contributed by atoms with Crippen LogP contribution >= 0.6 is 0 Å². The molecule has 0 aromatic heterocycles. The van der Waals surface area contributed by atoms with E-state index in [1.54, 1.807) is 7.11 Å². The molecule has 1 aliphatic heterocycles. The number of ether oxygens (including phenoxy) is 1. The number of nitrogens with one attached hydrogen (secondary N) is 1. The van der Waals surface area contributed by atoms with Crippen LogP contribution in [0.4, 0.5) is 0 Å². The zero-order valence-corrected chi connectivity index (χ0v) is 13.5. The molecule has 4 nitrogen and oxygen atoms in total. The minimum atomic E-state index is 0.503. The molecule has 0 aliphatic carbocycles. The van der Waals surface area contributed by atoms with Crippen molar-refractivity contribution in [2.45, 2.75) is 38.6 Å². The lowest BCUT2D eigenvalue weighted by atomic mass is 9.87. The fourth-order valence-corrected chi connectivity index (χ4v) is 3.01. The Bertz CT molecular complexity index is 508. The highest BCUT2D eigenvalue weighted by molar-refractivity contribution is 6.00. The standard InChI is InChI=1S/C18H26N2O2/c1-3-5-17-14(6-4-13-19-17)9-12-18(20-21)15-7-10-16(22-2)11-8-15/h4,6-8,10-11,14,17,19,21H,3,5,9,12-13H2,1-2H3. The molecule has 1 heterocycles. The van der Waals surface area contributed by atoms with Gasteiger partial charge in [0.05, 0.1) is 12.8 Å². The van der Waals surface area contributed by atoms with Crippen molar-refractivity contribution in [2.24, 2.45) is 11.1 Å². The van der Waals surface area contributed by atoms with Gasteiger partial charge in [-0.2, -0.15) is 0 Å². The molecule has 2 unspecified atom stereocenters. The summed E-state index contributed by atoms with van der Waals surface area (Å²) < 4.78 is 5.16. The minimum Gasteiger partial charge on any atom is -0.497 e. The molecule has 4 heteroatoms. The van der Waals surface area contributed by atoms with Crippen LogP contribution in [0.2, 0.25) is 0 Å². The summed E-state index contributed by atoms with van der Waals surface area (Å²) in [6, 6.07) is 8.19. The molecule has 22 heavy (non-hydrogen) atoms. The second-order valence-corrected chi connectivity index (χ2v) is 5.71. The third-order valence-corrected chi connectivity index (χ3v) is 4.26. The Morgan fingerprint density at radius 2 is 2.09 bits per heavy atom. The molecular formula is C18H26N2O2. The van der Waals surface area contributed by atoms with E-state index in [1.165, 1.54) is 12.8 Å². The molecule has 2 atom stereocenters. The third-order valence-electron chi connectivity index (χ3n) is 4.26. The van der Waals surface area contributed by atoms with Crippen LogP contribution in [0.5, 0.6) is 5.75 Å². The molecular weight excluding hydrogens is 276 g/mol. The molecule has 2 rings (SSSR count). The van der Waals surface area contributed by atoms with Crippen LogP contribution in [0.1, 0.15) is 38.2 Å². The summed E-state index contributed by atoms with van der Waals surface area (Å²) in [5.41, 5.74) is 1.68. The molecule has 0 saturated heterocycles. The Labute approximate surface area is 132 Å². The normalized spacial score (nSPS) is 21.8. The monoisotopic (exact) mass is 302 g/mol. The lowest BCUT2D eigenvalue weighted by molar-refractivity contribution is 0.316. The lowest BCUT2D eigenvalue weighted by Crippen LogP contribution is -2.38. The number of rotatable bonds is 7. The Morgan fingerprint density at radius 3 is 2.73 bits per heavy atom. The van der Waals surface area contributed by atoms with Crippen LogP contribution in [-0.2, 0) is 0 Å². The molecule has 1 aromatic rings. The van der Waals surface area contributed by atoms with Crippen LogP contribution in [0, 0.1) is 5.92 Å². The Kier molecular flexibility index (Phi) is 6.46. The molecule has 0 bridgehead atoms. The molecule has 120 valence electrons. The number of benzene rings is 1. The first-order valence-corrected chi connectivity index (χ1v) is 8.03. The van der Waals surface area contributed by atoms with E-state index in [1.807, 2.05) is 24.3 Å². The van der Waals surface area contributed by atoms with Crippen molar-refractivity contribution in [1.29, 1.82) is 0 Å². The molecule has 2 N–H and O–H groups in total. The van der Waals surface area contributed by atoms with Gasteiger partial charge in [0.25, 0.3) is 0 Å². The summed E-state index contributed by atoms with van der Waals surface area (Å²) in [5, 5.41) is 16.4. The Balaban J connectivity index is 1.97. The van der Waals surface area contributed by atoms with E-state index in [4.69, 9.17) is 4.74 Å². The van der Waals surface area contributed by atoms with Gasteiger partial charge in [-0.15, -0.1) is 0 Å². The average molecular weight is 302 g/mol. The molecule has 0 fully saturated rings. The van der Waals surface area contributed by atoms with E-state index in [0.29, 0.717) is 12.0 Å². The Morgan fingerprint density at radius 1 is 1.32 bits per heavy atom. The highest BCUT2D eigenvalue weighted by atomic mass is 16.5. The van der Waals surface area contributed by atoms with E-state index in [9.17, 15) is 5.21 Å². The quantitative estimate of drug-likeness (QED) is 0.350. The fraction of sp³-hybridized carbons (Fsp3) is 0.500. The molecule has 0 radical (unpaired) electrons. The predicted molar refractivity (Wildman–Crippen MR) is 89.9 cm³/mol. The van der Waals surface area contributed by atoms with E-state index >= 15 is 0 Å². The predicted octanol–water partition coefficient (Wildman–Crippen LogP) is 3.60. The van der Waals surface area contributed by atoms with Crippen molar-refractivity contribution in [3.8, 4) is 5.75 Å². The van der Waals surface area contributed by atoms with Crippen molar-refractivity contribution in [1.82, 2.24) is 5.32 Å². The maximum absolute atomic E-state index is 9.33. The van der Waals surface area contributed by atoms with Crippen LogP contribution in [-0.4, -0.2) is 30.6 Å². The Hall–Kier alpha value is -1.81. The molecule has 1 aliphatic rings. The van der Waals surface area contributed by atoms with E-state index in [0.717, 1.165) is 36.4 Å². The van der Waals surface area contributed by atoms with Crippen LogP contribution in [0.25, 0.3) is 0 Å². The SMILES string of the molecule is CCCC1NCC=CC1CCC(=NO)c1ccc(OC)cc1. The number of oxime groups is 1. The molecule has 1 aromatic carbocycles. The van der Waals surface area contributed by atoms with Gasteiger partial charge >= 0.3 is 0 Å². The topological polar surface area (TPSA) is 53.9 Å². The summed E-state index contributed by atoms with van der Waals surface area (Å²) in [5.74, 6) is 1.31. The number of methoxy groups -OCH3 is 1. The summed E-state index contributed by atoms with van der Waals surface area (Å²) in [4.78, 5) is 0. The van der Waals surface area contributed by atoms with Crippen LogP contribution < -0.4 is 10.1 Å². The van der Waals surface area contributed by atoms with Gasteiger partial charge in [0.15, 0.2) is 0 Å². The number of hydrogen-bond donors (Lipinski definition) is 2. The summed E-state index contributed by atoms with van der Waals surface area (Å²) >= 11 is 0. The second-order valence-electron chi connectivity index (χ2n) is 5.71. The van der Waals surface area contributed by atoms with Gasteiger partial charge in [0.1, 0.15) is 5.75 Å². The van der Waals surface area contributed by atoms with Crippen molar-refractivity contribution in [3.05, 3.63) is 42.0 Å². The smallest absolute Gasteiger partial charge is 0.118 e. The van der Waals surface area contributed by atoms with Gasteiger partial charge in [-0.05, 0) is 55.0 Å². The maximum Gasteiger partial charge on any atom is 0.118 e. The van der Waals surface area contributed by atoms with Crippen molar-refractivity contribution >= 4 is 5.71 Å². The largest absolute Gasteiger partial charge is 0.497 e. The zero-order valence-electron chi connectivity index (χ0n) is 13.5. The van der Waals surface area contributed by atoms with Gasteiger partial charge in [0.2, 0.25) is 0 Å². The summed E-state index contributed by atoms with van der Waals surface area (Å²) in [7, 11) is 1.65. The van der Waals surface area contributed by atoms with Crippen LogP contribution in [0.3, 0.4) is 0 Å². The van der Waals surface area contributed by atoms with Gasteiger partial charge in [0, 0.05) is 12.6 Å². The lowest BCUT2D eigenvalue weighted by Gasteiger charge is -2.28. The first-order chi connectivity index (χ1) is 10.8. The molecule has 0 spiro atoms. The summed E-state index contributed by atoms with van der Waals surface area (Å²) in [6.07, 6.45) is 8.61. The van der Waals surface area contributed by atoms with E-state index in [-0.39, 0.29) is 0 Å². The van der Waals surface area contributed by atoms with E-state index < -0.39 is 0 Å².